The maximum Gasteiger partial charge on any atom is 0.325 e. The molecule has 0 bridgehead atoms. The minimum atomic E-state index is -3.78. The first-order chi connectivity index (χ1) is 7.86. The van der Waals surface area contributed by atoms with Gasteiger partial charge in [-0.2, -0.15) is 0 Å². The molecule has 1 rings (SSSR count). The lowest BCUT2D eigenvalue weighted by Crippen LogP contribution is -2.33. The Bertz CT molecular complexity index is 498. The number of ether oxygens (including phenoxy) is 1. The van der Waals surface area contributed by atoms with E-state index in [1.165, 1.54) is 6.92 Å². The largest absolute Gasteiger partial charge is 0.468 e. The molecule has 1 unspecified atom stereocenters. The van der Waals surface area contributed by atoms with E-state index in [4.69, 9.17) is 0 Å². The van der Waals surface area contributed by atoms with Crippen LogP contribution in [0.25, 0.3) is 0 Å². The van der Waals surface area contributed by atoms with Crippen LogP contribution >= 0.6 is 15.9 Å². The highest BCUT2D eigenvalue weighted by Crippen LogP contribution is 2.16. The Morgan fingerprint density at radius 1 is 1.35 bits per heavy atom. The molecule has 1 aromatic carbocycles. The summed E-state index contributed by atoms with van der Waals surface area (Å²) in [6.45, 7) is 1.27. The van der Waals surface area contributed by atoms with E-state index < -0.39 is 21.2 Å². The fourth-order valence-electron chi connectivity index (χ4n) is 1.06. The summed E-state index contributed by atoms with van der Waals surface area (Å²) >= 11 is 3.24. The number of anilines is 1. The van der Waals surface area contributed by atoms with Gasteiger partial charge in [-0.25, -0.2) is 8.42 Å². The molecule has 1 aromatic rings. The van der Waals surface area contributed by atoms with Gasteiger partial charge >= 0.3 is 5.97 Å². The Morgan fingerprint density at radius 3 is 2.35 bits per heavy atom. The van der Waals surface area contributed by atoms with Crippen LogP contribution in [0.3, 0.4) is 0 Å². The second-order valence-corrected chi connectivity index (χ2v) is 6.24. The molecule has 7 heteroatoms. The second kappa shape index (κ2) is 5.50. The SMILES string of the molecule is COC(=O)C(C)S(=O)(=O)Nc1ccc(Br)cc1. The minimum Gasteiger partial charge on any atom is -0.468 e. The van der Waals surface area contributed by atoms with Gasteiger partial charge in [-0.05, 0) is 31.2 Å². The van der Waals surface area contributed by atoms with Gasteiger partial charge < -0.3 is 4.74 Å². The molecule has 17 heavy (non-hydrogen) atoms. The average molecular weight is 322 g/mol. The summed E-state index contributed by atoms with van der Waals surface area (Å²) in [5, 5.41) is -1.25. The summed E-state index contributed by atoms with van der Waals surface area (Å²) in [5.74, 6) is -0.797. The summed E-state index contributed by atoms with van der Waals surface area (Å²) in [7, 11) is -2.63. The van der Waals surface area contributed by atoms with E-state index in [1.807, 2.05) is 0 Å². The van der Waals surface area contributed by atoms with E-state index in [9.17, 15) is 13.2 Å². The molecule has 0 saturated carbocycles. The number of methoxy groups -OCH3 is 1. The molecular weight excluding hydrogens is 310 g/mol. The third-order valence-electron chi connectivity index (χ3n) is 2.10. The smallest absolute Gasteiger partial charge is 0.325 e. The third-order valence-corrected chi connectivity index (χ3v) is 4.28. The standard InChI is InChI=1S/C10H12BrNO4S/c1-7(10(13)16-2)17(14,15)12-9-5-3-8(11)4-6-9/h3-7,12H,1-2H3. The number of sulfonamides is 1. The summed E-state index contributed by atoms with van der Waals surface area (Å²) in [5.41, 5.74) is 0.393. The Morgan fingerprint density at radius 2 is 1.88 bits per heavy atom. The van der Waals surface area contributed by atoms with Gasteiger partial charge in [-0.15, -0.1) is 0 Å². The van der Waals surface area contributed by atoms with Crippen molar-refractivity contribution < 1.29 is 17.9 Å². The second-order valence-electron chi connectivity index (χ2n) is 3.32. The molecule has 1 N–H and O–H groups in total. The summed E-state index contributed by atoms with van der Waals surface area (Å²) in [6.07, 6.45) is 0. The van der Waals surface area contributed by atoms with Crippen molar-refractivity contribution in [2.45, 2.75) is 12.2 Å². The highest BCUT2D eigenvalue weighted by Gasteiger charge is 2.28. The number of carbonyl (C=O) groups excluding carboxylic acids is 1. The quantitative estimate of drug-likeness (QED) is 0.857. The summed E-state index contributed by atoms with van der Waals surface area (Å²) in [4.78, 5) is 11.2. The number of hydrogen-bond donors (Lipinski definition) is 1. The maximum absolute atomic E-state index is 11.8. The highest BCUT2D eigenvalue weighted by atomic mass is 79.9. The number of esters is 1. The highest BCUT2D eigenvalue weighted by molar-refractivity contribution is 9.10. The van der Waals surface area contributed by atoms with Crippen LogP contribution in [0.2, 0.25) is 0 Å². The van der Waals surface area contributed by atoms with Gasteiger partial charge in [0, 0.05) is 10.2 Å². The van der Waals surface area contributed by atoms with Crippen LogP contribution in [0.1, 0.15) is 6.92 Å². The van der Waals surface area contributed by atoms with Crippen molar-refractivity contribution in [1.82, 2.24) is 0 Å². The molecule has 1 atom stereocenters. The Balaban J connectivity index is 2.86. The predicted molar refractivity (Wildman–Crippen MR) is 68.2 cm³/mol. The predicted octanol–water partition coefficient (Wildman–Crippen LogP) is 1.75. The first-order valence-electron chi connectivity index (χ1n) is 4.72. The van der Waals surface area contributed by atoms with Crippen molar-refractivity contribution in [3.63, 3.8) is 0 Å². The van der Waals surface area contributed by atoms with E-state index in [0.717, 1.165) is 11.6 Å². The molecule has 0 fully saturated rings. The van der Waals surface area contributed by atoms with E-state index in [-0.39, 0.29) is 0 Å². The number of benzene rings is 1. The van der Waals surface area contributed by atoms with Gasteiger partial charge in [-0.3, -0.25) is 9.52 Å². The Kier molecular flexibility index (Phi) is 4.53. The van der Waals surface area contributed by atoms with Crippen LogP contribution in [0.5, 0.6) is 0 Å². The Labute approximate surface area is 108 Å². The first-order valence-corrected chi connectivity index (χ1v) is 7.06. The molecular formula is C10H12BrNO4S. The number of rotatable bonds is 4. The third kappa shape index (κ3) is 3.71. The van der Waals surface area contributed by atoms with Crippen molar-refractivity contribution in [2.24, 2.45) is 0 Å². The molecule has 0 saturated heterocycles. The molecule has 0 radical (unpaired) electrons. The lowest BCUT2D eigenvalue weighted by molar-refractivity contribution is -0.139. The van der Waals surface area contributed by atoms with Crippen molar-refractivity contribution in [3.05, 3.63) is 28.7 Å². The van der Waals surface area contributed by atoms with Gasteiger partial charge in [0.15, 0.2) is 5.25 Å². The van der Waals surface area contributed by atoms with E-state index in [1.54, 1.807) is 24.3 Å². The minimum absolute atomic E-state index is 0.393. The van der Waals surface area contributed by atoms with Crippen molar-refractivity contribution in [2.75, 3.05) is 11.8 Å². The lowest BCUT2D eigenvalue weighted by atomic mass is 10.3. The average Bonchev–Trinajstić information content (AvgIpc) is 2.30. The molecule has 0 heterocycles. The molecule has 0 amide bonds. The summed E-state index contributed by atoms with van der Waals surface area (Å²) < 4.78 is 31.1. The zero-order chi connectivity index (χ0) is 13.1. The van der Waals surface area contributed by atoms with Gasteiger partial charge in [0.05, 0.1) is 7.11 Å². The maximum atomic E-state index is 11.8. The molecule has 0 spiro atoms. The van der Waals surface area contributed by atoms with Crippen LogP contribution in [-0.4, -0.2) is 26.7 Å². The van der Waals surface area contributed by atoms with Crippen LogP contribution in [0, 0.1) is 0 Å². The zero-order valence-corrected chi connectivity index (χ0v) is 11.7. The topological polar surface area (TPSA) is 72.5 Å². The van der Waals surface area contributed by atoms with E-state index in [0.29, 0.717) is 5.69 Å². The monoisotopic (exact) mass is 321 g/mol. The molecule has 0 aliphatic carbocycles. The number of hydrogen-bond acceptors (Lipinski definition) is 4. The van der Waals surface area contributed by atoms with Crippen LogP contribution in [0.15, 0.2) is 28.7 Å². The van der Waals surface area contributed by atoms with Gasteiger partial charge in [0.2, 0.25) is 10.0 Å². The number of halogens is 1. The molecule has 5 nitrogen and oxygen atoms in total. The first kappa shape index (κ1) is 14.0. The molecule has 0 aliphatic rings. The fraction of sp³-hybridized carbons (Fsp3) is 0.300. The van der Waals surface area contributed by atoms with Crippen molar-refractivity contribution in [3.8, 4) is 0 Å². The van der Waals surface area contributed by atoms with Crippen LogP contribution in [-0.2, 0) is 19.6 Å². The molecule has 94 valence electrons. The lowest BCUT2D eigenvalue weighted by Gasteiger charge is -2.12. The van der Waals surface area contributed by atoms with Crippen molar-refractivity contribution >= 4 is 37.6 Å². The van der Waals surface area contributed by atoms with Gasteiger partial charge in [0.25, 0.3) is 0 Å². The van der Waals surface area contributed by atoms with E-state index in [2.05, 4.69) is 25.4 Å². The van der Waals surface area contributed by atoms with Gasteiger partial charge in [-0.1, -0.05) is 15.9 Å². The van der Waals surface area contributed by atoms with E-state index >= 15 is 0 Å². The van der Waals surface area contributed by atoms with Crippen molar-refractivity contribution in [1.29, 1.82) is 0 Å². The normalized spacial score (nSPS) is 12.9. The molecule has 0 aliphatic heterocycles. The number of carbonyl (C=O) groups is 1. The van der Waals surface area contributed by atoms with Crippen LogP contribution < -0.4 is 4.72 Å². The summed E-state index contributed by atoms with van der Waals surface area (Å²) in [6, 6.07) is 6.57. The van der Waals surface area contributed by atoms with Gasteiger partial charge in [0.1, 0.15) is 0 Å². The Hall–Kier alpha value is -1.08. The number of nitrogens with one attached hydrogen (secondary N) is 1. The van der Waals surface area contributed by atoms with Crippen LogP contribution in [0.4, 0.5) is 5.69 Å². The zero-order valence-electron chi connectivity index (χ0n) is 9.31. The fourth-order valence-corrected chi connectivity index (χ4v) is 2.32. The molecule has 0 aromatic heterocycles.